The fourth-order valence-electron chi connectivity index (χ4n) is 4.17. The van der Waals surface area contributed by atoms with Gasteiger partial charge in [0.25, 0.3) is 0 Å². The second-order valence-electron chi connectivity index (χ2n) is 7.52. The Labute approximate surface area is 133 Å². The summed E-state index contributed by atoms with van der Waals surface area (Å²) in [6.07, 6.45) is 8.11. The lowest BCUT2D eigenvalue weighted by Gasteiger charge is -2.49. The molecule has 1 aromatic rings. The minimum Gasteiger partial charge on any atom is -0.329 e. The summed E-state index contributed by atoms with van der Waals surface area (Å²) >= 11 is 1.81. The monoisotopic (exact) mass is 306 g/mol. The lowest BCUT2D eigenvalue weighted by Crippen LogP contribution is -2.57. The number of thiophene rings is 1. The molecule has 0 saturated heterocycles. The molecule has 1 heterocycles. The molecule has 0 amide bonds. The van der Waals surface area contributed by atoms with Crippen LogP contribution in [-0.2, 0) is 6.54 Å². The SMILES string of the molecule is CC(C)C1CCCC(CN)(N(Cc2ccsc2)C2CC2)C1. The molecule has 2 N–H and O–H groups in total. The molecule has 3 heteroatoms. The van der Waals surface area contributed by atoms with Crippen molar-refractivity contribution in [3.05, 3.63) is 22.4 Å². The Morgan fingerprint density at radius 3 is 2.76 bits per heavy atom. The molecular weight excluding hydrogens is 276 g/mol. The van der Waals surface area contributed by atoms with E-state index in [4.69, 9.17) is 5.73 Å². The molecule has 0 spiro atoms. The van der Waals surface area contributed by atoms with Crippen LogP contribution >= 0.6 is 11.3 Å². The summed E-state index contributed by atoms with van der Waals surface area (Å²) in [5, 5.41) is 4.51. The highest BCUT2D eigenvalue weighted by molar-refractivity contribution is 7.07. The van der Waals surface area contributed by atoms with Gasteiger partial charge in [-0.25, -0.2) is 0 Å². The summed E-state index contributed by atoms with van der Waals surface area (Å²) in [4.78, 5) is 2.80. The highest BCUT2D eigenvalue weighted by Crippen LogP contribution is 2.44. The van der Waals surface area contributed by atoms with Crippen LogP contribution in [0.1, 0.15) is 57.9 Å². The van der Waals surface area contributed by atoms with Crippen molar-refractivity contribution in [2.45, 2.75) is 70.5 Å². The predicted octanol–water partition coefficient (Wildman–Crippen LogP) is 4.26. The van der Waals surface area contributed by atoms with E-state index < -0.39 is 0 Å². The van der Waals surface area contributed by atoms with E-state index in [0.29, 0.717) is 0 Å². The topological polar surface area (TPSA) is 29.3 Å². The van der Waals surface area contributed by atoms with Crippen LogP contribution < -0.4 is 5.73 Å². The van der Waals surface area contributed by atoms with Crippen LogP contribution in [0.25, 0.3) is 0 Å². The van der Waals surface area contributed by atoms with E-state index in [2.05, 4.69) is 35.6 Å². The van der Waals surface area contributed by atoms with Gasteiger partial charge in [0.2, 0.25) is 0 Å². The van der Waals surface area contributed by atoms with E-state index in [1.165, 1.54) is 44.1 Å². The van der Waals surface area contributed by atoms with Crippen molar-refractivity contribution in [1.29, 1.82) is 0 Å². The number of hydrogen-bond donors (Lipinski definition) is 1. The maximum absolute atomic E-state index is 6.36. The third-order valence-electron chi connectivity index (χ3n) is 5.71. The zero-order valence-corrected chi connectivity index (χ0v) is 14.4. The van der Waals surface area contributed by atoms with Crippen LogP contribution in [0, 0.1) is 11.8 Å². The van der Waals surface area contributed by atoms with Gasteiger partial charge in [-0.15, -0.1) is 0 Å². The molecule has 21 heavy (non-hydrogen) atoms. The quantitative estimate of drug-likeness (QED) is 0.851. The van der Waals surface area contributed by atoms with Crippen molar-refractivity contribution < 1.29 is 0 Å². The van der Waals surface area contributed by atoms with Crippen molar-refractivity contribution in [2.75, 3.05) is 6.54 Å². The molecule has 0 radical (unpaired) electrons. The van der Waals surface area contributed by atoms with E-state index >= 15 is 0 Å². The molecule has 2 unspecified atom stereocenters. The zero-order valence-electron chi connectivity index (χ0n) is 13.6. The van der Waals surface area contributed by atoms with Gasteiger partial charge < -0.3 is 5.73 Å². The summed E-state index contributed by atoms with van der Waals surface area (Å²) < 4.78 is 0. The first-order valence-corrected chi connectivity index (χ1v) is 9.57. The summed E-state index contributed by atoms with van der Waals surface area (Å²) in [7, 11) is 0. The van der Waals surface area contributed by atoms with Gasteiger partial charge in [0, 0.05) is 24.7 Å². The molecule has 2 atom stereocenters. The number of nitrogens with two attached hydrogens (primary N) is 1. The van der Waals surface area contributed by atoms with E-state index in [1.807, 2.05) is 11.3 Å². The lowest BCUT2D eigenvalue weighted by atomic mass is 9.70. The fraction of sp³-hybridized carbons (Fsp3) is 0.778. The van der Waals surface area contributed by atoms with Crippen LogP contribution in [0.5, 0.6) is 0 Å². The van der Waals surface area contributed by atoms with Gasteiger partial charge in [-0.05, 0) is 59.9 Å². The molecule has 1 aromatic heterocycles. The maximum Gasteiger partial charge on any atom is 0.0340 e. The summed E-state index contributed by atoms with van der Waals surface area (Å²) in [6, 6.07) is 3.08. The van der Waals surface area contributed by atoms with E-state index in [0.717, 1.165) is 31.0 Å². The molecule has 0 bridgehead atoms. The van der Waals surface area contributed by atoms with Crippen LogP contribution in [-0.4, -0.2) is 23.0 Å². The summed E-state index contributed by atoms with van der Waals surface area (Å²) in [6.45, 7) is 6.71. The normalized spacial score (nSPS) is 30.2. The molecule has 118 valence electrons. The Hall–Kier alpha value is -0.380. The Kier molecular flexibility index (Phi) is 4.72. The molecule has 2 aliphatic carbocycles. The zero-order chi connectivity index (χ0) is 14.9. The second kappa shape index (κ2) is 6.39. The van der Waals surface area contributed by atoms with Gasteiger partial charge in [-0.1, -0.05) is 26.7 Å². The largest absolute Gasteiger partial charge is 0.329 e. The minimum absolute atomic E-state index is 0.260. The first kappa shape index (κ1) is 15.5. The number of hydrogen-bond acceptors (Lipinski definition) is 3. The van der Waals surface area contributed by atoms with Crippen molar-refractivity contribution in [2.24, 2.45) is 17.6 Å². The van der Waals surface area contributed by atoms with Crippen molar-refractivity contribution in [1.82, 2.24) is 4.90 Å². The third kappa shape index (κ3) is 3.35. The highest BCUT2D eigenvalue weighted by atomic mass is 32.1. The average Bonchev–Trinajstić information content (AvgIpc) is 3.21. The molecule has 2 saturated carbocycles. The smallest absolute Gasteiger partial charge is 0.0340 e. The maximum atomic E-state index is 6.36. The fourth-order valence-corrected chi connectivity index (χ4v) is 4.83. The molecule has 2 nitrogen and oxygen atoms in total. The van der Waals surface area contributed by atoms with Gasteiger partial charge in [0.05, 0.1) is 0 Å². The van der Waals surface area contributed by atoms with Gasteiger partial charge in [-0.2, -0.15) is 11.3 Å². The summed E-state index contributed by atoms with van der Waals surface area (Å²) in [5.41, 5.74) is 8.10. The molecule has 0 aromatic carbocycles. The molecule has 0 aliphatic heterocycles. The average molecular weight is 307 g/mol. The van der Waals surface area contributed by atoms with Crippen LogP contribution in [0.3, 0.4) is 0 Å². The van der Waals surface area contributed by atoms with E-state index in [-0.39, 0.29) is 5.54 Å². The Morgan fingerprint density at radius 1 is 1.38 bits per heavy atom. The molecular formula is C18H30N2S. The van der Waals surface area contributed by atoms with Crippen LogP contribution in [0.4, 0.5) is 0 Å². The number of nitrogens with zero attached hydrogens (tertiary/aromatic N) is 1. The highest BCUT2D eigenvalue weighted by Gasteiger charge is 2.46. The minimum atomic E-state index is 0.260. The first-order valence-electron chi connectivity index (χ1n) is 8.62. The van der Waals surface area contributed by atoms with E-state index in [1.54, 1.807) is 0 Å². The third-order valence-corrected chi connectivity index (χ3v) is 6.44. The molecule has 2 fully saturated rings. The Balaban J connectivity index is 1.80. The summed E-state index contributed by atoms with van der Waals surface area (Å²) in [5.74, 6) is 1.64. The van der Waals surface area contributed by atoms with E-state index in [9.17, 15) is 0 Å². The van der Waals surface area contributed by atoms with Gasteiger partial charge >= 0.3 is 0 Å². The Bertz CT molecular complexity index is 438. The second-order valence-corrected chi connectivity index (χ2v) is 8.30. The first-order chi connectivity index (χ1) is 10.1. The standard InChI is InChI=1S/C18H30N2S/c1-14(2)16-4-3-8-18(10-16,13-19)20(17-5-6-17)11-15-7-9-21-12-15/h7,9,12,14,16-17H,3-6,8,10-11,13,19H2,1-2H3. The van der Waals surface area contributed by atoms with Gasteiger partial charge in [0.1, 0.15) is 0 Å². The van der Waals surface area contributed by atoms with Crippen LogP contribution in [0.2, 0.25) is 0 Å². The van der Waals surface area contributed by atoms with Crippen molar-refractivity contribution in [3.8, 4) is 0 Å². The Morgan fingerprint density at radius 2 is 2.19 bits per heavy atom. The molecule has 2 aliphatic rings. The number of rotatable bonds is 6. The van der Waals surface area contributed by atoms with Gasteiger partial charge in [-0.3, -0.25) is 4.90 Å². The van der Waals surface area contributed by atoms with Crippen LogP contribution in [0.15, 0.2) is 16.8 Å². The lowest BCUT2D eigenvalue weighted by molar-refractivity contribution is 0.0126. The van der Waals surface area contributed by atoms with Crippen molar-refractivity contribution in [3.63, 3.8) is 0 Å². The predicted molar refractivity (Wildman–Crippen MR) is 91.5 cm³/mol. The van der Waals surface area contributed by atoms with Gasteiger partial charge in [0.15, 0.2) is 0 Å². The van der Waals surface area contributed by atoms with Crippen molar-refractivity contribution >= 4 is 11.3 Å². The molecule has 3 rings (SSSR count).